The van der Waals surface area contributed by atoms with Crippen LogP contribution in [0.5, 0.6) is 5.88 Å². The van der Waals surface area contributed by atoms with Crippen LogP contribution in [0.3, 0.4) is 0 Å². The predicted molar refractivity (Wildman–Crippen MR) is 109 cm³/mol. The molecule has 0 amide bonds. The molecule has 2 heterocycles. The molecular formula is C19H29N5O2S. The fraction of sp³-hybridized carbons (Fsp3) is 0.526. The number of rotatable bonds is 9. The van der Waals surface area contributed by atoms with E-state index >= 15 is 0 Å². The number of guanidine groups is 1. The van der Waals surface area contributed by atoms with E-state index in [0.29, 0.717) is 25.6 Å². The molecule has 0 spiro atoms. The summed E-state index contributed by atoms with van der Waals surface area (Å²) >= 11 is 1.62. The van der Waals surface area contributed by atoms with Gasteiger partial charge in [-0.3, -0.25) is 0 Å². The number of ether oxygens (including phenoxy) is 2. The average Bonchev–Trinajstić information content (AvgIpc) is 3.14. The molecule has 1 atom stereocenters. The summed E-state index contributed by atoms with van der Waals surface area (Å²) in [6.45, 7) is 8.55. The van der Waals surface area contributed by atoms with Crippen molar-refractivity contribution in [1.82, 2.24) is 20.2 Å². The second-order valence-electron chi connectivity index (χ2n) is 5.98. The van der Waals surface area contributed by atoms with Crippen LogP contribution in [0.2, 0.25) is 0 Å². The van der Waals surface area contributed by atoms with Crippen molar-refractivity contribution in [2.24, 2.45) is 4.99 Å². The van der Waals surface area contributed by atoms with Crippen LogP contribution in [0.1, 0.15) is 43.1 Å². The lowest BCUT2D eigenvalue weighted by Crippen LogP contribution is -2.38. The SMILES string of the molecule is CCNC(=NCc1cccnc1OCC)N(C)Cc1csc(C(C)OC)n1. The van der Waals surface area contributed by atoms with E-state index in [1.807, 2.05) is 33.0 Å². The van der Waals surface area contributed by atoms with Gasteiger partial charge in [-0.05, 0) is 26.8 Å². The molecule has 1 N–H and O–H groups in total. The molecule has 2 aromatic rings. The Morgan fingerprint density at radius 2 is 2.22 bits per heavy atom. The number of nitrogens with zero attached hydrogens (tertiary/aromatic N) is 4. The van der Waals surface area contributed by atoms with Gasteiger partial charge in [-0.2, -0.15) is 0 Å². The van der Waals surface area contributed by atoms with Gasteiger partial charge in [0.25, 0.3) is 0 Å². The third kappa shape index (κ3) is 6.18. The topological polar surface area (TPSA) is 71.9 Å². The summed E-state index contributed by atoms with van der Waals surface area (Å²) in [6, 6.07) is 3.89. The quantitative estimate of drug-likeness (QED) is 0.523. The molecule has 0 radical (unpaired) electrons. The van der Waals surface area contributed by atoms with E-state index in [4.69, 9.17) is 14.5 Å². The fourth-order valence-electron chi connectivity index (χ4n) is 2.44. The average molecular weight is 392 g/mol. The lowest BCUT2D eigenvalue weighted by Gasteiger charge is -2.21. The van der Waals surface area contributed by atoms with E-state index in [-0.39, 0.29) is 6.10 Å². The number of hydrogen-bond donors (Lipinski definition) is 1. The van der Waals surface area contributed by atoms with Gasteiger partial charge in [0.1, 0.15) is 11.1 Å². The standard InChI is InChI=1S/C19H29N5O2S/c1-6-20-19(22-11-15-9-8-10-21-17(15)26-7-2)24(4)12-16-13-27-18(23-16)14(3)25-5/h8-10,13-14H,6-7,11-12H2,1-5H3,(H,20,22). The van der Waals surface area contributed by atoms with Crippen LogP contribution in [0.15, 0.2) is 28.7 Å². The van der Waals surface area contributed by atoms with E-state index in [2.05, 4.69) is 32.5 Å². The van der Waals surface area contributed by atoms with Crippen molar-refractivity contribution in [1.29, 1.82) is 0 Å². The Morgan fingerprint density at radius 3 is 2.93 bits per heavy atom. The van der Waals surface area contributed by atoms with Crippen molar-refractivity contribution in [3.8, 4) is 5.88 Å². The molecule has 148 valence electrons. The molecule has 0 aliphatic carbocycles. The molecule has 0 aromatic carbocycles. The van der Waals surface area contributed by atoms with Gasteiger partial charge in [0.2, 0.25) is 5.88 Å². The third-order valence-electron chi connectivity index (χ3n) is 3.90. The molecule has 2 rings (SSSR count). The first kappa shape index (κ1) is 21.1. The molecule has 1 unspecified atom stereocenters. The predicted octanol–water partition coefficient (Wildman–Crippen LogP) is 3.24. The first-order valence-corrected chi connectivity index (χ1v) is 10.00. The second-order valence-corrected chi connectivity index (χ2v) is 6.87. The third-order valence-corrected chi connectivity index (χ3v) is 4.95. The van der Waals surface area contributed by atoms with Gasteiger partial charge in [0, 0.05) is 37.8 Å². The summed E-state index contributed by atoms with van der Waals surface area (Å²) in [7, 11) is 3.70. The van der Waals surface area contributed by atoms with Crippen LogP contribution in [-0.2, 0) is 17.8 Å². The smallest absolute Gasteiger partial charge is 0.218 e. The Labute approximate surface area is 165 Å². The molecule has 0 aliphatic heterocycles. The summed E-state index contributed by atoms with van der Waals surface area (Å²) in [4.78, 5) is 15.8. The number of pyridine rings is 1. The maximum Gasteiger partial charge on any atom is 0.218 e. The first-order valence-electron chi connectivity index (χ1n) is 9.12. The summed E-state index contributed by atoms with van der Waals surface area (Å²) in [5.41, 5.74) is 1.97. The largest absolute Gasteiger partial charge is 0.478 e. The van der Waals surface area contributed by atoms with Gasteiger partial charge in [0.15, 0.2) is 5.96 Å². The van der Waals surface area contributed by atoms with Crippen molar-refractivity contribution < 1.29 is 9.47 Å². The van der Waals surface area contributed by atoms with E-state index in [0.717, 1.165) is 28.8 Å². The molecule has 0 fully saturated rings. The first-order chi connectivity index (χ1) is 13.1. The van der Waals surface area contributed by atoms with Gasteiger partial charge in [0.05, 0.1) is 25.4 Å². The minimum Gasteiger partial charge on any atom is -0.478 e. The zero-order valence-corrected chi connectivity index (χ0v) is 17.5. The van der Waals surface area contributed by atoms with E-state index in [1.54, 1.807) is 24.6 Å². The maximum absolute atomic E-state index is 5.59. The van der Waals surface area contributed by atoms with Gasteiger partial charge >= 0.3 is 0 Å². The molecule has 0 aliphatic rings. The Morgan fingerprint density at radius 1 is 1.41 bits per heavy atom. The van der Waals surface area contributed by atoms with Gasteiger partial charge in [-0.15, -0.1) is 11.3 Å². The summed E-state index contributed by atoms with van der Waals surface area (Å²) in [6.07, 6.45) is 1.75. The molecule has 7 nitrogen and oxygen atoms in total. The maximum atomic E-state index is 5.59. The fourth-order valence-corrected chi connectivity index (χ4v) is 3.28. The zero-order valence-electron chi connectivity index (χ0n) is 16.7. The summed E-state index contributed by atoms with van der Waals surface area (Å²) < 4.78 is 10.9. The van der Waals surface area contributed by atoms with Crippen LogP contribution in [0, 0.1) is 0 Å². The summed E-state index contributed by atoms with van der Waals surface area (Å²) in [5, 5.41) is 6.39. The minimum absolute atomic E-state index is 0.0125. The molecule has 0 saturated carbocycles. The number of methoxy groups -OCH3 is 1. The number of aromatic nitrogens is 2. The zero-order chi connectivity index (χ0) is 19.6. The Bertz CT molecular complexity index is 734. The monoisotopic (exact) mass is 391 g/mol. The Hall–Kier alpha value is -2.19. The van der Waals surface area contributed by atoms with Crippen molar-refractivity contribution in [2.45, 2.75) is 40.0 Å². The van der Waals surface area contributed by atoms with Crippen molar-refractivity contribution >= 4 is 17.3 Å². The normalized spacial score (nSPS) is 12.7. The van der Waals surface area contributed by atoms with Gasteiger partial charge in [-0.1, -0.05) is 6.07 Å². The van der Waals surface area contributed by atoms with E-state index < -0.39 is 0 Å². The van der Waals surface area contributed by atoms with Crippen LogP contribution in [-0.4, -0.2) is 48.1 Å². The Balaban J connectivity index is 2.09. The van der Waals surface area contributed by atoms with Crippen LogP contribution >= 0.6 is 11.3 Å². The highest BCUT2D eigenvalue weighted by Gasteiger charge is 2.13. The van der Waals surface area contributed by atoms with Crippen molar-refractivity contribution in [3.63, 3.8) is 0 Å². The highest BCUT2D eigenvalue weighted by atomic mass is 32.1. The van der Waals surface area contributed by atoms with E-state index in [9.17, 15) is 0 Å². The number of nitrogens with one attached hydrogen (secondary N) is 1. The molecule has 27 heavy (non-hydrogen) atoms. The summed E-state index contributed by atoms with van der Waals surface area (Å²) in [5.74, 6) is 1.46. The minimum atomic E-state index is 0.0125. The van der Waals surface area contributed by atoms with Crippen LogP contribution < -0.4 is 10.1 Å². The molecule has 2 aromatic heterocycles. The lowest BCUT2D eigenvalue weighted by atomic mass is 10.3. The highest BCUT2D eigenvalue weighted by molar-refractivity contribution is 7.09. The second kappa shape index (κ2) is 10.8. The molecule has 0 saturated heterocycles. The number of aliphatic imine (C=N–C) groups is 1. The number of thiazole rings is 1. The van der Waals surface area contributed by atoms with Crippen LogP contribution in [0.4, 0.5) is 0 Å². The molecular weight excluding hydrogens is 362 g/mol. The van der Waals surface area contributed by atoms with Gasteiger partial charge in [-0.25, -0.2) is 15.0 Å². The van der Waals surface area contributed by atoms with Gasteiger partial charge < -0.3 is 19.7 Å². The van der Waals surface area contributed by atoms with Crippen LogP contribution in [0.25, 0.3) is 0 Å². The van der Waals surface area contributed by atoms with Crippen molar-refractivity contribution in [2.75, 3.05) is 27.3 Å². The van der Waals surface area contributed by atoms with Crippen molar-refractivity contribution in [3.05, 3.63) is 40.0 Å². The van der Waals surface area contributed by atoms with E-state index in [1.165, 1.54) is 0 Å². The highest BCUT2D eigenvalue weighted by Crippen LogP contribution is 2.21. The number of hydrogen-bond acceptors (Lipinski definition) is 6. The molecule has 0 bridgehead atoms. The Kier molecular flexibility index (Phi) is 8.47. The lowest BCUT2D eigenvalue weighted by molar-refractivity contribution is 0.119. The molecule has 8 heteroatoms.